The van der Waals surface area contributed by atoms with Crippen LogP contribution in [0.3, 0.4) is 0 Å². The van der Waals surface area contributed by atoms with E-state index in [0.717, 1.165) is 12.8 Å². The molecular formula is C22H29N3O4S. The van der Waals surface area contributed by atoms with Crippen LogP contribution in [0.2, 0.25) is 0 Å². The lowest BCUT2D eigenvalue weighted by Gasteiger charge is -2.21. The maximum Gasteiger partial charge on any atom is 0.255 e. The molecule has 2 aromatic carbocycles. The number of rotatable bonds is 8. The predicted octanol–water partition coefficient (Wildman–Crippen LogP) is 3.55. The van der Waals surface area contributed by atoms with E-state index in [1.165, 1.54) is 24.3 Å². The third kappa shape index (κ3) is 6.67. The molecule has 0 heterocycles. The number of anilines is 1. The van der Waals surface area contributed by atoms with Gasteiger partial charge >= 0.3 is 0 Å². The smallest absolute Gasteiger partial charge is 0.255 e. The molecule has 0 spiro atoms. The molecule has 2 aromatic rings. The van der Waals surface area contributed by atoms with E-state index < -0.39 is 21.5 Å². The number of para-hydroxylation sites is 1. The number of nitrogens with one attached hydrogen (secondary N) is 3. The maximum atomic E-state index is 12.8. The number of unbranched alkanes of at least 4 members (excludes halogenated alkanes) is 1. The summed E-state index contributed by atoms with van der Waals surface area (Å²) >= 11 is 0. The van der Waals surface area contributed by atoms with Gasteiger partial charge in [0.1, 0.15) is 0 Å². The SMILES string of the molecule is CCCCNS(=O)(=O)c1cccc(C(=O)Nc2ccccc2C(=O)NC(C)(C)C)c1. The van der Waals surface area contributed by atoms with Crippen LogP contribution in [0.5, 0.6) is 0 Å². The Morgan fingerprint density at radius 2 is 1.67 bits per heavy atom. The summed E-state index contributed by atoms with van der Waals surface area (Å²) in [5, 5.41) is 5.57. The van der Waals surface area contributed by atoms with Gasteiger partial charge < -0.3 is 10.6 Å². The zero-order chi connectivity index (χ0) is 22.4. The molecule has 8 heteroatoms. The molecule has 0 saturated carbocycles. The molecular weight excluding hydrogens is 402 g/mol. The van der Waals surface area contributed by atoms with Crippen molar-refractivity contribution >= 4 is 27.5 Å². The van der Waals surface area contributed by atoms with Crippen LogP contribution in [-0.2, 0) is 10.0 Å². The summed E-state index contributed by atoms with van der Waals surface area (Å²) in [4.78, 5) is 25.3. The summed E-state index contributed by atoms with van der Waals surface area (Å²) in [6.07, 6.45) is 1.60. The fourth-order valence-corrected chi connectivity index (χ4v) is 3.78. The highest BCUT2D eigenvalue weighted by Crippen LogP contribution is 2.19. The van der Waals surface area contributed by atoms with Crippen LogP contribution >= 0.6 is 0 Å². The molecule has 0 saturated heterocycles. The number of amides is 2. The number of benzene rings is 2. The molecule has 0 aliphatic heterocycles. The summed E-state index contributed by atoms with van der Waals surface area (Å²) in [6.45, 7) is 7.91. The van der Waals surface area contributed by atoms with E-state index in [2.05, 4.69) is 15.4 Å². The Kier molecular flexibility index (Phi) is 7.75. The first-order valence-corrected chi connectivity index (χ1v) is 11.3. The van der Waals surface area contributed by atoms with Gasteiger partial charge in [-0.15, -0.1) is 0 Å². The van der Waals surface area contributed by atoms with Crippen molar-refractivity contribution in [1.82, 2.24) is 10.0 Å². The number of hydrogen-bond donors (Lipinski definition) is 3. The topological polar surface area (TPSA) is 104 Å². The lowest BCUT2D eigenvalue weighted by atomic mass is 10.1. The summed E-state index contributed by atoms with van der Waals surface area (Å²) in [7, 11) is -3.70. The Bertz CT molecular complexity index is 1010. The molecule has 2 amide bonds. The average Bonchev–Trinajstić information content (AvgIpc) is 2.67. The predicted molar refractivity (Wildman–Crippen MR) is 118 cm³/mol. The third-order valence-electron chi connectivity index (χ3n) is 4.14. The fraction of sp³-hybridized carbons (Fsp3) is 0.364. The summed E-state index contributed by atoms with van der Waals surface area (Å²) in [6, 6.07) is 12.5. The molecule has 0 atom stereocenters. The van der Waals surface area contributed by atoms with Crippen LogP contribution in [-0.4, -0.2) is 32.3 Å². The van der Waals surface area contributed by atoms with Gasteiger partial charge in [-0.1, -0.05) is 31.5 Å². The molecule has 0 aliphatic rings. The molecule has 0 bridgehead atoms. The molecule has 2 rings (SSSR count). The Balaban J connectivity index is 2.23. The van der Waals surface area contributed by atoms with Crippen molar-refractivity contribution in [2.75, 3.05) is 11.9 Å². The van der Waals surface area contributed by atoms with E-state index in [-0.39, 0.29) is 16.4 Å². The van der Waals surface area contributed by atoms with Crippen LogP contribution in [0, 0.1) is 0 Å². The highest BCUT2D eigenvalue weighted by molar-refractivity contribution is 7.89. The molecule has 0 radical (unpaired) electrons. The maximum absolute atomic E-state index is 12.8. The standard InChI is InChI=1S/C22H29N3O4S/c1-5-6-14-23-30(28,29)17-11-9-10-16(15-17)20(26)24-19-13-8-7-12-18(19)21(27)25-22(2,3)4/h7-13,15,23H,5-6,14H2,1-4H3,(H,24,26)(H,25,27). The molecule has 0 aliphatic carbocycles. The quantitative estimate of drug-likeness (QED) is 0.556. The minimum atomic E-state index is -3.70. The number of sulfonamides is 1. The van der Waals surface area contributed by atoms with E-state index in [4.69, 9.17) is 0 Å². The summed E-state index contributed by atoms with van der Waals surface area (Å²) in [5.74, 6) is -0.813. The first kappa shape index (κ1) is 23.6. The number of carbonyl (C=O) groups is 2. The molecule has 30 heavy (non-hydrogen) atoms. The largest absolute Gasteiger partial charge is 0.347 e. The fourth-order valence-electron chi connectivity index (χ4n) is 2.66. The lowest BCUT2D eigenvalue weighted by molar-refractivity contribution is 0.0920. The molecule has 0 fully saturated rings. The van der Waals surface area contributed by atoms with E-state index in [1.807, 2.05) is 27.7 Å². The van der Waals surface area contributed by atoms with Gasteiger partial charge in [-0.25, -0.2) is 13.1 Å². The Morgan fingerprint density at radius 3 is 2.33 bits per heavy atom. The lowest BCUT2D eigenvalue weighted by Crippen LogP contribution is -2.40. The van der Waals surface area contributed by atoms with Gasteiger partial charge in [0, 0.05) is 17.6 Å². The second-order valence-electron chi connectivity index (χ2n) is 7.98. The van der Waals surface area contributed by atoms with Crippen molar-refractivity contribution in [1.29, 1.82) is 0 Å². The van der Waals surface area contributed by atoms with E-state index >= 15 is 0 Å². The van der Waals surface area contributed by atoms with Gasteiger partial charge in [0.05, 0.1) is 16.1 Å². The van der Waals surface area contributed by atoms with Crippen molar-refractivity contribution < 1.29 is 18.0 Å². The minimum Gasteiger partial charge on any atom is -0.347 e. The first-order valence-electron chi connectivity index (χ1n) is 9.86. The Morgan fingerprint density at radius 1 is 0.967 bits per heavy atom. The zero-order valence-corrected chi connectivity index (χ0v) is 18.6. The van der Waals surface area contributed by atoms with Gasteiger partial charge in [-0.3, -0.25) is 9.59 Å². The van der Waals surface area contributed by atoms with E-state index in [9.17, 15) is 18.0 Å². The molecule has 0 unspecified atom stereocenters. The highest BCUT2D eigenvalue weighted by atomic mass is 32.2. The van der Waals surface area contributed by atoms with Crippen molar-refractivity contribution in [3.8, 4) is 0 Å². The first-order chi connectivity index (χ1) is 14.0. The summed E-state index contributed by atoms with van der Waals surface area (Å²) in [5.41, 5.74) is 0.422. The highest BCUT2D eigenvalue weighted by Gasteiger charge is 2.20. The monoisotopic (exact) mass is 431 g/mol. The second kappa shape index (κ2) is 9.86. The van der Waals surface area contributed by atoms with Gasteiger partial charge in [0.15, 0.2) is 0 Å². The second-order valence-corrected chi connectivity index (χ2v) is 9.75. The van der Waals surface area contributed by atoms with Crippen LogP contribution in [0.1, 0.15) is 61.3 Å². The zero-order valence-electron chi connectivity index (χ0n) is 17.8. The van der Waals surface area contributed by atoms with Gasteiger partial charge in [-0.2, -0.15) is 0 Å². The molecule has 162 valence electrons. The normalized spacial score (nSPS) is 11.7. The molecule has 0 aromatic heterocycles. The summed E-state index contributed by atoms with van der Waals surface area (Å²) < 4.78 is 27.4. The van der Waals surface area contributed by atoms with Crippen molar-refractivity contribution in [2.45, 2.75) is 51.0 Å². The Hall–Kier alpha value is -2.71. The molecule has 7 nitrogen and oxygen atoms in total. The molecule has 3 N–H and O–H groups in total. The average molecular weight is 432 g/mol. The minimum absolute atomic E-state index is 0.0185. The van der Waals surface area contributed by atoms with E-state index in [0.29, 0.717) is 17.8 Å². The van der Waals surface area contributed by atoms with Crippen molar-refractivity contribution in [3.63, 3.8) is 0 Å². The Labute approximate surface area is 178 Å². The van der Waals surface area contributed by atoms with Crippen molar-refractivity contribution in [2.24, 2.45) is 0 Å². The number of carbonyl (C=O) groups excluding carboxylic acids is 2. The van der Waals surface area contributed by atoms with Gasteiger partial charge in [0.2, 0.25) is 10.0 Å². The third-order valence-corrected chi connectivity index (χ3v) is 5.60. The van der Waals surface area contributed by atoms with Crippen LogP contribution in [0.15, 0.2) is 53.4 Å². The van der Waals surface area contributed by atoms with Crippen molar-refractivity contribution in [3.05, 3.63) is 59.7 Å². The van der Waals surface area contributed by atoms with Crippen LogP contribution in [0.4, 0.5) is 5.69 Å². The van der Waals surface area contributed by atoms with Crippen LogP contribution < -0.4 is 15.4 Å². The van der Waals surface area contributed by atoms with Gasteiger partial charge in [0.25, 0.3) is 11.8 Å². The van der Waals surface area contributed by atoms with E-state index in [1.54, 1.807) is 24.3 Å². The number of hydrogen-bond acceptors (Lipinski definition) is 4. The van der Waals surface area contributed by atoms with Gasteiger partial charge in [-0.05, 0) is 57.5 Å². The van der Waals surface area contributed by atoms with Crippen LogP contribution in [0.25, 0.3) is 0 Å².